The van der Waals surface area contributed by atoms with Crippen LogP contribution < -0.4 is 15.4 Å². The zero-order valence-electron chi connectivity index (χ0n) is 12.3. The Bertz CT molecular complexity index is 695. The lowest BCUT2D eigenvalue weighted by Crippen LogP contribution is -2.34. The van der Waals surface area contributed by atoms with E-state index in [1.165, 1.54) is 37.4 Å². The molecule has 0 heterocycles. The Kier molecular flexibility index (Phi) is 5.48. The zero-order chi connectivity index (χ0) is 16.8. The molecular weight excluding hydrogens is 306 g/mol. The van der Waals surface area contributed by atoms with E-state index in [2.05, 4.69) is 10.6 Å². The predicted octanol–water partition coefficient (Wildman–Crippen LogP) is 2.83. The van der Waals surface area contributed by atoms with E-state index in [1.807, 2.05) is 0 Å². The molecule has 1 atom stereocenters. The van der Waals surface area contributed by atoms with Gasteiger partial charge in [-0.25, -0.2) is 13.6 Å². The van der Waals surface area contributed by atoms with E-state index >= 15 is 0 Å². The van der Waals surface area contributed by atoms with Crippen molar-refractivity contribution in [2.75, 3.05) is 19.0 Å². The number of aliphatic hydroxyl groups is 1. The Hall–Kier alpha value is -2.67. The minimum Gasteiger partial charge on any atom is -0.495 e. The van der Waals surface area contributed by atoms with Gasteiger partial charge in [0.15, 0.2) is 0 Å². The van der Waals surface area contributed by atoms with Crippen molar-refractivity contribution in [1.29, 1.82) is 0 Å². The lowest BCUT2D eigenvalue weighted by atomic mass is 10.1. The first-order chi connectivity index (χ1) is 11.0. The Morgan fingerprint density at radius 2 is 1.96 bits per heavy atom. The van der Waals surface area contributed by atoms with Crippen LogP contribution in [0.15, 0.2) is 42.5 Å². The summed E-state index contributed by atoms with van der Waals surface area (Å²) in [7, 11) is 1.39. The maximum absolute atomic E-state index is 13.3. The molecule has 122 valence electrons. The van der Waals surface area contributed by atoms with Gasteiger partial charge in [-0.3, -0.25) is 0 Å². The SMILES string of the molecule is COc1ccc(F)cc1NC(=O)NC(CO)c1cccc(F)c1. The molecule has 0 spiro atoms. The van der Waals surface area contributed by atoms with Gasteiger partial charge in [-0.05, 0) is 29.8 Å². The second-order valence-electron chi connectivity index (χ2n) is 4.73. The van der Waals surface area contributed by atoms with Crippen molar-refractivity contribution < 1.29 is 23.4 Å². The summed E-state index contributed by atoms with van der Waals surface area (Å²) in [4.78, 5) is 12.0. The van der Waals surface area contributed by atoms with Crippen molar-refractivity contribution in [2.45, 2.75) is 6.04 Å². The van der Waals surface area contributed by atoms with Gasteiger partial charge in [-0.2, -0.15) is 0 Å². The summed E-state index contributed by atoms with van der Waals surface area (Å²) in [6.07, 6.45) is 0. The van der Waals surface area contributed by atoms with E-state index in [9.17, 15) is 18.7 Å². The third kappa shape index (κ3) is 4.40. The second kappa shape index (κ2) is 7.55. The molecule has 2 rings (SSSR count). The predicted molar refractivity (Wildman–Crippen MR) is 81.3 cm³/mol. The number of benzene rings is 2. The molecule has 0 aliphatic rings. The second-order valence-corrected chi connectivity index (χ2v) is 4.73. The van der Waals surface area contributed by atoms with E-state index in [-0.39, 0.29) is 11.4 Å². The van der Waals surface area contributed by atoms with Crippen molar-refractivity contribution in [1.82, 2.24) is 5.32 Å². The average molecular weight is 322 g/mol. The fraction of sp³-hybridized carbons (Fsp3) is 0.188. The van der Waals surface area contributed by atoms with Crippen LogP contribution in [0.4, 0.5) is 19.3 Å². The first-order valence-corrected chi connectivity index (χ1v) is 6.81. The van der Waals surface area contributed by atoms with Crippen molar-refractivity contribution in [3.63, 3.8) is 0 Å². The molecule has 1 unspecified atom stereocenters. The largest absolute Gasteiger partial charge is 0.495 e. The number of hydrogen-bond acceptors (Lipinski definition) is 3. The van der Waals surface area contributed by atoms with Crippen molar-refractivity contribution in [3.8, 4) is 5.75 Å². The summed E-state index contributed by atoms with van der Waals surface area (Å²) in [5, 5.41) is 14.3. The van der Waals surface area contributed by atoms with Crippen LogP contribution in [-0.2, 0) is 0 Å². The lowest BCUT2D eigenvalue weighted by Gasteiger charge is -2.18. The molecule has 7 heteroatoms. The van der Waals surface area contributed by atoms with Crippen LogP contribution in [0.2, 0.25) is 0 Å². The van der Waals surface area contributed by atoms with Crippen LogP contribution >= 0.6 is 0 Å². The highest BCUT2D eigenvalue weighted by molar-refractivity contribution is 5.91. The molecule has 0 aliphatic heterocycles. The maximum Gasteiger partial charge on any atom is 0.319 e. The van der Waals surface area contributed by atoms with Crippen LogP contribution in [0.25, 0.3) is 0 Å². The molecule has 2 amide bonds. The topological polar surface area (TPSA) is 70.6 Å². The van der Waals surface area contributed by atoms with Crippen molar-refractivity contribution >= 4 is 11.7 Å². The Morgan fingerprint density at radius 1 is 1.22 bits per heavy atom. The number of ether oxygens (including phenoxy) is 1. The summed E-state index contributed by atoms with van der Waals surface area (Å²) in [6.45, 7) is -0.419. The molecule has 0 aliphatic carbocycles. The summed E-state index contributed by atoms with van der Waals surface area (Å²) in [5.74, 6) is -0.729. The molecule has 0 fully saturated rings. The number of rotatable bonds is 5. The molecule has 0 saturated heterocycles. The number of hydrogen-bond donors (Lipinski definition) is 3. The van der Waals surface area contributed by atoms with Gasteiger partial charge in [-0.1, -0.05) is 12.1 Å². The first kappa shape index (κ1) is 16.7. The smallest absolute Gasteiger partial charge is 0.319 e. The minimum atomic E-state index is -0.801. The minimum absolute atomic E-state index is 0.140. The molecule has 2 aromatic carbocycles. The van der Waals surface area contributed by atoms with Crippen LogP contribution in [0, 0.1) is 11.6 Å². The van der Waals surface area contributed by atoms with Crippen LogP contribution in [0.5, 0.6) is 5.75 Å². The average Bonchev–Trinajstić information content (AvgIpc) is 2.53. The Balaban J connectivity index is 2.10. The standard InChI is InChI=1S/C16H16F2N2O3/c1-23-15-6-5-12(18)8-13(15)19-16(22)20-14(9-21)10-3-2-4-11(17)7-10/h2-8,14,21H,9H2,1H3,(H2,19,20,22). The number of halogens is 2. The zero-order valence-corrected chi connectivity index (χ0v) is 12.3. The summed E-state index contributed by atoms with van der Waals surface area (Å²) in [5.41, 5.74) is 0.551. The number of urea groups is 1. The third-order valence-corrected chi connectivity index (χ3v) is 3.15. The molecular formula is C16H16F2N2O3. The molecule has 3 N–H and O–H groups in total. The molecule has 0 saturated carbocycles. The van der Waals surface area contributed by atoms with E-state index < -0.39 is 30.3 Å². The van der Waals surface area contributed by atoms with Crippen molar-refractivity contribution in [3.05, 3.63) is 59.7 Å². The number of carbonyl (C=O) groups is 1. The van der Waals surface area contributed by atoms with Gasteiger partial charge in [0.2, 0.25) is 0 Å². The van der Waals surface area contributed by atoms with Gasteiger partial charge < -0.3 is 20.5 Å². The van der Waals surface area contributed by atoms with E-state index in [0.29, 0.717) is 5.56 Å². The molecule has 0 aromatic heterocycles. The number of amides is 2. The molecule has 5 nitrogen and oxygen atoms in total. The van der Waals surface area contributed by atoms with Gasteiger partial charge >= 0.3 is 6.03 Å². The van der Waals surface area contributed by atoms with E-state index in [1.54, 1.807) is 6.07 Å². The quantitative estimate of drug-likeness (QED) is 0.793. The van der Waals surface area contributed by atoms with Crippen LogP contribution in [0.3, 0.4) is 0 Å². The van der Waals surface area contributed by atoms with Crippen molar-refractivity contribution in [2.24, 2.45) is 0 Å². The molecule has 23 heavy (non-hydrogen) atoms. The van der Waals surface area contributed by atoms with Gasteiger partial charge in [0, 0.05) is 6.07 Å². The number of methoxy groups -OCH3 is 1. The van der Waals surface area contributed by atoms with Crippen LogP contribution in [-0.4, -0.2) is 24.9 Å². The number of anilines is 1. The monoisotopic (exact) mass is 322 g/mol. The summed E-state index contributed by atoms with van der Waals surface area (Å²) < 4.78 is 31.5. The normalized spacial score (nSPS) is 11.7. The third-order valence-electron chi connectivity index (χ3n) is 3.15. The highest BCUT2D eigenvalue weighted by atomic mass is 19.1. The van der Waals surface area contributed by atoms with Crippen LogP contribution in [0.1, 0.15) is 11.6 Å². The fourth-order valence-corrected chi connectivity index (χ4v) is 2.05. The molecule has 0 bridgehead atoms. The van der Waals surface area contributed by atoms with Gasteiger partial charge in [0.05, 0.1) is 25.4 Å². The Morgan fingerprint density at radius 3 is 2.61 bits per heavy atom. The lowest BCUT2D eigenvalue weighted by molar-refractivity contribution is 0.225. The molecule has 2 aromatic rings. The van der Waals surface area contributed by atoms with Gasteiger partial charge in [0.1, 0.15) is 17.4 Å². The highest BCUT2D eigenvalue weighted by Crippen LogP contribution is 2.25. The maximum atomic E-state index is 13.3. The molecule has 0 radical (unpaired) electrons. The number of nitrogens with one attached hydrogen (secondary N) is 2. The summed E-state index contributed by atoms with van der Waals surface area (Å²) >= 11 is 0. The van der Waals surface area contributed by atoms with E-state index in [0.717, 1.165) is 6.07 Å². The first-order valence-electron chi connectivity index (χ1n) is 6.81. The Labute approximate surface area is 131 Å². The van der Waals surface area contributed by atoms with Gasteiger partial charge in [-0.15, -0.1) is 0 Å². The summed E-state index contributed by atoms with van der Waals surface area (Å²) in [6, 6.07) is 7.72. The fourth-order valence-electron chi connectivity index (χ4n) is 2.05. The van der Waals surface area contributed by atoms with E-state index in [4.69, 9.17) is 4.74 Å². The number of carbonyl (C=O) groups excluding carboxylic acids is 1. The van der Waals surface area contributed by atoms with Gasteiger partial charge in [0.25, 0.3) is 0 Å². The number of aliphatic hydroxyl groups excluding tert-OH is 1. The highest BCUT2D eigenvalue weighted by Gasteiger charge is 2.15.